The number of carbonyl (C=O) groups excluding carboxylic acids is 1. The van der Waals surface area contributed by atoms with Crippen molar-refractivity contribution in [3.63, 3.8) is 0 Å². The highest BCUT2D eigenvalue weighted by molar-refractivity contribution is 5.73. The van der Waals surface area contributed by atoms with Crippen molar-refractivity contribution in [2.24, 2.45) is 5.92 Å². The van der Waals surface area contributed by atoms with Crippen LogP contribution in [0.3, 0.4) is 0 Å². The second-order valence-electron chi connectivity index (χ2n) is 5.13. The van der Waals surface area contributed by atoms with Crippen molar-refractivity contribution in [1.82, 2.24) is 0 Å². The first-order chi connectivity index (χ1) is 8.81. The first-order valence-corrected chi connectivity index (χ1v) is 7.21. The molecule has 0 aromatic carbocycles. The summed E-state index contributed by atoms with van der Waals surface area (Å²) in [5.41, 5.74) is 0. The Hall–Kier alpha value is -0.610. The maximum absolute atomic E-state index is 11.9. The molecule has 0 spiro atoms. The molecular weight excluding hydrogens is 232 g/mol. The van der Waals surface area contributed by atoms with E-state index < -0.39 is 0 Å². The van der Waals surface area contributed by atoms with Crippen LogP contribution in [-0.2, 0) is 19.0 Å². The van der Waals surface area contributed by atoms with Crippen LogP contribution in [0.4, 0.5) is 0 Å². The SMILES string of the molecule is CCOC(=O)C1CCCCC1OC1CCOCC1. The average molecular weight is 256 g/mol. The lowest BCUT2D eigenvalue weighted by molar-refractivity contribution is -0.161. The lowest BCUT2D eigenvalue weighted by atomic mass is 9.86. The Labute approximate surface area is 109 Å². The quantitative estimate of drug-likeness (QED) is 0.724. The molecule has 1 saturated carbocycles. The molecule has 2 unspecified atom stereocenters. The van der Waals surface area contributed by atoms with E-state index in [1.807, 2.05) is 6.92 Å². The summed E-state index contributed by atoms with van der Waals surface area (Å²) in [4.78, 5) is 11.9. The van der Waals surface area contributed by atoms with Crippen LogP contribution >= 0.6 is 0 Å². The summed E-state index contributed by atoms with van der Waals surface area (Å²) in [6.07, 6.45) is 6.38. The molecule has 0 N–H and O–H groups in total. The molecule has 0 amide bonds. The minimum Gasteiger partial charge on any atom is -0.466 e. The third-order valence-corrected chi connectivity index (χ3v) is 3.83. The molecule has 2 fully saturated rings. The van der Waals surface area contributed by atoms with Gasteiger partial charge in [0.2, 0.25) is 0 Å². The fourth-order valence-corrected chi connectivity index (χ4v) is 2.84. The summed E-state index contributed by atoms with van der Waals surface area (Å²) in [6.45, 7) is 3.87. The van der Waals surface area contributed by atoms with Gasteiger partial charge in [-0.05, 0) is 32.6 Å². The van der Waals surface area contributed by atoms with Gasteiger partial charge < -0.3 is 14.2 Å². The molecule has 2 atom stereocenters. The standard InChI is InChI=1S/C14H24O4/c1-2-17-14(15)12-5-3-4-6-13(12)18-11-7-9-16-10-8-11/h11-13H,2-10H2,1H3. The molecule has 1 aliphatic carbocycles. The van der Waals surface area contributed by atoms with E-state index in [-0.39, 0.29) is 24.1 Å². The first-order valence-electron chi connectivity index (χ1n) is 7.21. The van der Waals surface area contributed by atoms with Gasteiger partial charge in [0.15, 0.2) is 0 Å². The second kappa shape index (κ2) is 7.10. The fourth-order valence-electron chi connectivity index (χ4n) is 2.84. The lowest BCUT2D eigenvalue weighted by Gasteiger charge is -2.34. The Morgan fingerprint density at radius 3 is 2.61 bits per heavy atom. The van der Waals surface area contributed by atoms with Gasteiger partial charge in [-0.15, -0.1) is 0 Å². The molecule has 0 aromatic rings. The minimum absolute atomic E-state index is 0.0541. The van der Waals surface area contributed by atoms with Gasteiger partial charge >= 0.3 is 5.97 Å². The number of rotatable bonds is 4. The predicted octanol–water partition coefficient (Wildman–Crippen LogP) is 2.30. The average Bonchev–Trinajstić information content (AvgIpc) is 2.41. The third-order valence-electron chi connectivity index (χ3n) is 3.83. The van der Waals surface area contributed by atoms with Crippen LogP contribution in [0.1, 0.15) is 45.4 Å². The van der Waals surface area contributed by atoms with Crippen molar-refractivity contribution < 1.29 is 19.0 Å². The van der Waals surface area contributed by atoms with Gasteiger partial charge in [-0.3, -0.25) is 4.79 Å². The smallest absolute Gasteiger partial charge is 0.311 e. The molecule has 104 valence electrons. The molecule has 2 aliphatic rings. The van der Waals surface area contributed by atoms with Gasteiger partial charge in [-0.1, -0.05) is 12.8 Å². The van der Waals surface area contributed by atoms with E-state index in [2.05, 4.69) is 0 Å². The van der Waals surface area contributed by atoms with Crippen LogP contribution in [0, 0.1) is 5.92 Å². The van der Waals surface area contributed by atoms with Crippen LogP contribution in [0.5, 0.6) is 0 Å². The lowest BCUT2D eigenvalue weighted by Crippen LogP contribution is -2.38. The van der Waals surface area contributed by atoms with Crippen molar-refractivity contribution in [2.75, 3.05) is 19.8 Å². The zero-order valence-electron chi connectivity index (χ0n) is 11.2. The second-order valence-corrected chi connectivity index (χ2v) is 5.13. The molecule has 1 heterocycles. The van der Waals surface area contributed by atoms with Crippen molar-refractivity contribution in [2.45, 2.75) is 57.7 Å². The predicted molar refractivity (Wildman–Crippen MR) is 67.3 cm³/mol. The largest absolute Gasteiger partial charge is 0.466 e. The summed E-state index contributed by atoms with van der Waals surface area (Å²) < 4.78 is 16.6. The van der Waals surface area contributed by atoms with E-state index in [0.29, 0.717) is 6.61 Å². The molecule has 0 radical (unpaired) electrons. The highest BCUT2D eigenvalue weighted by Crippen LogP contribution is 2.30. The zero-order valence-corrected chi connectivity index (χ0v) is 11.2. The highest BCUT2D eigenvalue weighted by Gasteiger charge is 2.34. The maximum Gasteiger partial charge on any atom is 0.311 e. The highest BCUT2D eigenvalue weighted by atomic mass is 16.5. The monoisotopic (exact) mass is 256 g/mol. The van der Waals surface area contributed by atoms with Gasteiger partial charge in [0.25, 0.3) is 0 Å². The van der Waals surface area contributed by atoms with E-state index in [0.717, 1.165) is 51.7 Å². The van der Waals surface area contributed by atoms with Gasteiger partial charge in [0.05, 0.1) is 24.7 Å². The Bertz CT molecular complexity index is 261. The minimum atomic E-state index is -0.0748. The fraction of sp³-hybridized carbons (Fsp3) is 0.929. The Morgan fingerprint density at radius 1 is 1.17 bits per heavy atom. The van der Waals surface area contributed by atoms with Crippen LogP contribution in [0.25, 0.3) is 0 Å². The maximum atomic E-state index is 11.9. The summed E-state index contributed by atoms with van der Waals surface area (Å²) in [7, 11) is 0. The van der Waals surface area contributed by atoms with Gasteiger partial charge in [-0.25, -0.2) is 0 Å². The van der Waals surface area contributed by atoms with Crippen molar-refractivity contribution in [3.8, 4) is 0 Å². The van der Waals surface area contributed by atoms with E-state index >= 15 is 0 Å². The molecule has 4 nitrogen and oxygen atoms in total. The number of esters is 1. The number of hydrogen-bond donors (Lipinski definition) is 0. The third kappa shape index (κ3) is 3.69. The Kier molecular flexibility index (Phi) is 5.45. The summed E-state index contributed by atoms with van der Waals surface area (Å²) in [5, 5.41) is 0. The van der Waals surface area contributed by atoms with Gasteiger partial charge in [0.1, 0.15) is 0 Å². The summed E-state index contributed by atoms with van der Waals surface area (Å²) >= 11 is 0. The topological polar surface area (TPSA) is 44.8 Å². The molecule has 4 heteroatoms. The van der Waals surface area contributed by atoms with Crippen LogP contribution in [0.15, 0.2) is 0 Å². The van der Waals surface area contributed by atoms with Gasteiger partial charge in [0, 0.05) is 13.2 Å². The Balaban J connectivity index is 1.88. The van der Waals surface area contributed by atoms with Crippen LogP contribution in [0.2, 0.25) is 0 Å². The zero-order chi connectivity index (χ0) is 12.8. The van der Waals surface area contributed by atoms with E-state index in [9.17, 15) is 4.79 Å². The molecule has 2 rings (SSSR count). The van der Waals surface area contributed by atoms with Crippen molar-refractivity contribution >= 4 is 5.97 Å². The normalized spacial score (nSPS) is 30.1. The Morgan fingerprint density at radius 2 is 1.89 bits per heavy atom. The molecule has 0 bridgehead atoms. The molecule has 18 heavy (non-hydrogen) atoms. The number of carbonyl (C=O) groups is 1. The van der Waals surface area contributed by atoms with E-state index in [4.69, 9.17) is 14.2 Å². The van der Waals surface area contributed by atoms with Gasteiger partial charge in [-0.2, -0.15) is 0 Å². The molecular formula is C14H24O4. The number of hydrogen-bond acceptors (Lipinski definition) is 4. The van der Waals surface area contributed by atoms with Crippen molar-refractivity contribution in [3.05, 3.63) is 0 Å². The summed E-state index contributed by atoms with van der Waals surface area (Å²) in [5.74, 6) is -0.129. The molecule has 0 aromatic heterocycles. The van der Waals surface area contributed by atoms with Crippen LogP contribution in [-0.4, -0.2) is 38.0 Å². The molecule has 1 saturated heterocycles. The first kappa shape index (κ1) is 13.8. The van der Waals surface area contributed by atoms with Crippen molar-refractivity contribution in [1.29, 1.82) is 0 Å². The molecule has 1 aliphatic heterocycles. The van der Waals surface area contributed by atoms with E-state index in [1.165, 1.54) is 0 Å². The summed E-state index contributed by atoms with van der Waals surface area (Å²) in [6, 6.07) is 0. The van der Waals surface area contributed by atoms with E-state index in [1.54, 1.807) is 0 Å². The van der Waals surface area contributed by atoms with Crippen LogP contribution < -0.4 is 0 Å². The number of ether oxygens (including phenoxy) is 3.